The average molecular weight is 380 g/mol. The molecule has 0 spiro atoms. The number of likely N-dealkylation sites (N-methyl/N-ethyl adjacent to an activating group) is 1. The summed E-state index contributed by atoms with van der Waals surface area (Å²) >= 11 is 0. The highest BCUT2D eigenvalue weighted by Gasteiger charge is 2.50. The summed E-state index contributed by atoms with van der Waals surface area (Å²) in [5, 5.41) is 6.38. The Balaban J connectivity index is 0.00000243. The van der Waals surface area contributed by atoms with Crippen molar-refractivity contribution in [3.05, 3.63) is 29.3 Å². The Hall–Kier alpha value is -1.59. The molecule has 6 heteroatoms. The van der Waals surface area contributed by atoms with Crippen molar-refractivity contribution in [1.82, 2.24) is 10.2 Å². The summed E-state index contributed by atoms with van der Waals surface area (Å²) in [6.45, 7) is 5.73. The first-order valence-electron chi connectivity index (χ1n) is 9.26. The number of para-hydroxylation sites is 1. The summed E-state index contributed by atoms with van der Waals surface area (Å²) in [5.41, 5.74) is 2.62. The SMILES string of the molecule is Cc1cccc(C)c1NC(=O)CN(C)C(=O)[C@@]12CCCC[C@H]1CNC2.Cl. The number of aryl methyl sites for hydroxylation is 2. The van der Waals surface area contributed by atoms with Crippen LogP contribution in [0.3, 0.4) is 0 Å². The predicted molar refractivity (Wildman–Crippen MR) is 107 cm³/mol. The second-order valence-electron chi connectivity index (χ2n) is 7.71. The van der Waals surface area contributed by atoms with Crippen LogP contribution in [0.25, 0.3) is 0 Å². The predicted octanol–water partition coefficient (Wildman–Crippen LogP) is 2.90. The number of benzene rings is 1. The Labute approximate surface area is 162 Å². The van der Waals surface area contributed by atoms with Gasteiger partial charge in [0.1, 0.15) is 0 Å². The normalized spacial score (nSPS) is 24.3. The van der Waals surface area contributed by atoms with Gasteiger partial charge in [-0.2, -0.15) is 0 Å². The summed E-state index contributed by atoms with van der Waals surface area (Å²) in [6, 6.07) is 5.94. The molecule has 0 bridgehead atoms. The Bertz CT molecular complexity index is 659. The van der Waals surface area contributed by atoms with Crippen molar-refractivity contribution in [2.24, 2.45) is 11.3 Å². The number of hydrogen-bond donors (Lipinski definition) is 2. The van der Waals surface area contributed by atoms with Crippen molar-refractivity contribution >= 4 is 29.9 Å². The molecule has 5 nitrogen and oxygen atoms in total. The average Bonchev–Trinajstić information content (AvgIpc) is 3.02. The third-order valence-corrected chi connectivity index (χ3v) is 5.94. The molecule has 1 aliphatic carbocycles. The number of nitrogens with zero attached hydrogens (tertiary/aromatic N) is 1. The van der Waals surface area contributed by atoms with Gasteiger partial charge >= 0.3 is 0 Å². The molecule has 3 rings (SSSR count). The Morgan fingerprint density at radius 2 is 1.96 bits per heavy atom. The highest BCUT2D eigenvalue weighted by molar-refractivity contribution is 5.96. The smallest absolute Gasteiger partial charge is 0.243 e. The number of amides is 2. The Morgan fingerprint density at radius 1 is 1.27 bits per heavy atom. The van der Waals surface area contributed by atoms with Gasteiger partial charge in [0.15, 0.2) is 0 Å². The number of carbonyl (C=O) groups excluding carboxylic acids is 2. The molecule has 2 aliphatic rings. The minimum Gasteiger partial charge on any atom is -0.336 e. The molecule has 1 aromatic rings. The van der Waals surface area contributed by atoms with Gasteiger partial charge in [-0.3, -0.25) is 9.59 Å². The van der Waals surface area contributed by atoms with Crippen molar-refractivity contribution in [3.63, 3.8) is 0 Å². The number of carbonyl (C=O) groups is 2. The van der Waals surface area contributed by atoms with E-state index in [0.29, 0.717) is 5.92 Å². The maximum absolute atomic E-state index is 13.1. The van der Waals surface area contributed by atoms with Crippen LogP contribution in [-0.2, 0) is 9.59 Å². The van der Waals surface area contributed by atoms with Gasteiger partial charge in [0.05, 0.1) is 12.0 Å². The van der Waals surface area contributed by atoms with E-state index >= 15 is 0 Å². The number of halogens is 1. The first kappa shape index (κ1) is 20.7. The molecule has 1 heterocycles. The molecule has 2 atom stereocenters. The van der Waals surface area contributed by atoms with E-state index in [4.69, 9.17) is 0 Å². The molecule has 1 saturated heterocycles. The number of fused-ring (bicyclic) bond motifs is 1. The van der Waals surface area contributed by atoms with Crippen molar-refractivity contribution < 1.29 is 9.59 Å². The van der Waals surface area contributed by atoms with Crippen LogP contribution in [0, 0.1) is 25.2 Å². The van der Waals surface area contributed by atoms with Crippen LogP contribution in [-0.4, -0.2) is 43.4 Å². The zero-order valence-corrected chi connectivity index (χ0v) is 16.7. The maximum Gasteiger partial charge on any atom is 0.243 e. The molecule has 1 aliphatic heterocycles. The minimum atomic E-state index is -0.300. The standard InChI is InChI=1S/C20H29N3O2.ClH/c1-14-7-6-8-15(2)18(14)22-17(24)12-23(3)19(25)20-10-5-4-9-16(20)11-21-13-20;/h6-8,16,21H,4-5,9-13H2,1-3H3,(H,22,24);1H/t16-,20+;/m0./s1. The van der Waals surface area contributed by atoms with E-state index in [0.717, 1.165) is 49.2 Å². The lowest BCUT2D eigenvalue weighted by atomic mass is 9.67. The van der Waals surface area contributed by atoms with Crippen molar-refractivity contribution in [2.45, 2.75) is 39.5 Å². The molecule has 2 fully saturated rings. The van der Waals surface area contributed by atoms with Crippen LogP contribution in [0.2, 0.25) is 0 Å². The lowest BCUT2D eigenvalue weighted by molar-refractivity contribution is -0.145. The summed E-state index contributed by atoms with van der Waals surface area (Å²) in [7, 11) is 1.76. The van der Waals surface area contributed by atoms with Gasteiger partial charge in [-0.1, -0.05) is 31.0 Å². The van der Waals surface area contributed by atoms with Crippen molar-refractivity contribution in [2.75, 3.05) is 32.0 Å². The number of nitrogens with one attached hydrogen (secondary N) is 2. The van der Waals surface area contributed by atoms with Gasteiger partial charge in [0.2, 0.25) is 11.8 Å². The van der Waals surface area contributed by atoms with Crippen LogP contribution in [0.15, 0.2) is 18.2 Å². The van der Waals surface area contributed by atoms with Gasteiger partial charge in [-0.05, 0) is 50.3 Å². The Morgan fingerprint density at radius 3 is 2.65 bits per heavy atom. The van der Waals surface area contributed by atoms with E-state index in [2.05, 4.69) is 10.6 Å². The number of rotatable bonds is 4. The molecule has 0 radical (unpaired) electrons. The summed E-state index contributed by atoms with van der Waals surface area (Å²) in [4.78, 5) is 27.2. The lowest BCUT2D eigenvalue weighted by Crippen LogP contribution is -2.50. The van der Waals surface area contributed by atoms with Crippen LogP contribution < -0.4 is 10.6 Å². The first-order chi connectivity index (χ1) is 11.9. The van der Waals surface area contributed by atoms with E-state index in [1.807, 2.05) is 32.0 Å². The quantitative estimate of drug-likeness (QED) is 0.845. The number of anilines is 1. The van der Waals surface area contributed by atoms with Crippen molar-refractivity contribution in [1.29, 1.82) is 0 Å². The summed E-state index contributed by atoms with van der Waals surface area (Å²) in [5.74, 6) is 0.402. The molecule has 2 N–H and O–H groups in total. The molecule has 2 amide bonds. The van der Waals surface area contributed by atoms with Crippen LogP contribution in [0.5, 0.6) is 0 Å². The summed E-state index contributed by atoms with van der Waals surface area (Å²) in [6.07, 6.45) is 4.36. The van der Waals surface area contributed by atoms with Gasteiger partial charge in [-0.25, -0.2) is 0 Å². The van der Waals surface area contributed by atoms with Gasteiger partial charge in [-0.15, -0.1) is 12.4 Å². The largest absolute Gasteiger partial charge is 0.336 e. The second-order valence-corrected chi connectivity index (χ2v) is 7.71. The molecule has 144 valence electrons. The molecule has 1 aromatic carbocycles. The fraction of sp³-hybridized carbons (Fsp3) is 0.600. The van der Waals surface area contributed by atoms with E-state index < -0.39 is 0 Å². The monoisotopic (exact) mass is 379 g/mol. The minimum absolute atomic E-state index is 0. The zero-order valence-electron chi connectivity index (χ0n) is 15.9. The number of hydrogen-bond acceptors (Lipinski definition) is 3. The Kier molecular flexibility index (Phi) is 6.69. The third-order valence-electron chi connectivity index (χ3n) is 5.94. The molecular formula is C20H30ClN3O2. The fourth-order valence-corrected chi connectivity index (χ4v) is 4.53. The van der Waals surface area contributed by atoms with Gasteiger partial charge in [0.25, 0.3) is 0 Å². The summed E-state index contributed by atoms with van der Waals surface area (Å²) < 4.78 is 0. The van der Waals surface area contributed by atoms with E-state index in [1.54, 1.807) is 11.9 Å². The topological polar surface area (TPSA) is 61.4 Å². The lowest BCUT2D eigenvalue weighted by Gasteiger charge is -2.39. The maximum atomic E-state index is 13.1. The fourth-order valence-electron chi connectivity index (χ4n) is 4.53. The second kappa shape index (κ2) is 8.40. The molecule has 1 saturated carbocycles. The molecule has 26 heavy (non-hydrogen) atoms. The van der Waals surface area contributed by atoms with E-state index in [9.17, 15) is 9.59 Å². The van der Waals surface area contributed by atoms with E-state index in [1.165, 1.54) is 6.42 Å². The highest BCUT2D eigenvalue weighted by Crippen LogP contribution is 2.44. The zero-order chi connectivity index (χ0) is 18.0. The molecule has 0 unspecified atom stereocenters. The van der Waals surface area contributed by atoms with Gasteiger partial charge < -0.3 is 15.5 Å². The molecular weight excluding hydrogens is 350 g/mol. The third kappa shape index (κ3) is 3.89. The van der Waals surface area contributed by atoms with Crippen LogP contribution >= 0.6 is 12.4 Å². The van der Waals surface area contributed by atoms with E-state index in [-0.39, 0.29) is 36.2 Å². The van der Waals surface area contributed by atoms with Crippen LogP contribution in [0.4, 0.5) is 5.69 Å². The first-order valence-corrected chi connectivity index (χ1v) is 9.26. The highest BCUT2D eigenvalue weighted by atomic mass is 35.5. The van der Waals surface area contributed by atoms with Crippen LogP contribution in [0.1, 0.15) is 36.8 Å². The van der Waals surface area contributed by atoms with Crippen molar-refractivity contribution in [3.8, 4) is 0 Å². The molecule has 0 aromatic heterocycles. The van der Waals surface area contributed by atoms with Gasteiger partial charge in [0, 0.05) is 19.3 Å².